The minimum atomic E-state index is -0.620. The summed E-state index contributed by atoms with van der Waals surface area (Å²) in [5.74, 6) is -1.16. The van der Waals surface area contributed by atoms with Crippen molar-refractivity contribution in [1.29, 1.82) is 5.26 Å². The van der Waals surface area contributed by atoms with Crippen LogP contribution in [0.15, 0.2) is 41.3 Å². The van der Waals surface area contributed by atoms with E-state index in [0.29, 0.717) is 0 Å². The first kappa shape index (κ1) is 14.0. The molecule has 0 saturated heterocycles. The van der Waals surface area contributed by atoms with Crippen molar-refractivity contribution in [2.45, 2.75) is 6.92 Å². The van der Waals surface area contributed by atoms with Crippen LogP contribution >= 0.6 is 11.3 Å². The number of carbonyl (C=O) groups excluding carboxylic acids is 1. The molecule has 1 amide bonds. The summed E-state index contributed by atoms with van der Waals surface area (Å²) in [6, 6.07) is 9.57. The number of hydrogen-bond acceptors (Lipinski definition) is 3. The van der Waals surface area contributed by atoms with E-state index >= 15 is 0 Å². The first-order chi connectivity index (χ1) is 9.61. The second kappa shape index (κ2) is 6.13. The van der Waals surface area contributed by atoms with Crippen molar-refractivity contribution < 1.29 is 9.18 Å². The van der Waals surface area contributed by atoms with Gasteiger partial charge in [-0.3, -0.25) is 4.79 Å². The Hall–Kier alpha value is -2.45. The summed E-state index contributed by atoms with van der Waals surface area (Å²) in [6.07, 6.45) is 1.51. The zero-order valence-corrected chi connectivity index (χ0v) is 11.5. The van der Waals surface area contributed by atoms with E-state index in [4.69, 9.17) is 5.26 Å². The molecule has 20 heavy (non-hydrogen) atoms. The number of amides is 1. The van der Waals surface area contributed by atoms with Gasteiger partial charge in [0, 0.05) is 4.88 Å². The molecular formula is C15H11FN2OS. The number of hydrogen-bond donors (Lipinski definition) is 1. The first-order valence-electron chi connectivity index (χ1n) is 5.83. The summed E-state index contributed by atoms with van der Waals surface area (Å²) in [4.78, 5) is 12.8. The standard InChI is InChI=1S/C15H11FN2OS/c1-10-6-7-20-14(10)8-11(9-17)15(19)18-13-5-3-2-4-12(13)16/h2-8H,1H3,(H,18,19). The van der Waals surface area contributed by atoms with Gasteiger partial charge < -0.3 is 5.32 Å². The zero-order valence-electron chi connectivity index (χ0n) is 10.7. The third-order valence-corrected chi connectivity index (χ3v) is 3.63. The van der Waals surface area contributed by atoms with Crippen molar-refractivity contribution in [2.75, 3.05) is 5.32 Å². The molecule has 0 aliphatic rings. The maximum atomic E-state index is 13.4. The molecule has 2 aromatic rings. The minimum Gasteiger partial charge on any atom is -0.319 e. The van der Waals surface area contributed by atoms with Crippen LogP contribution in [0.3, 0.4) is 0 Å². The number of halogens is 1. The molecule has 1 aromatic carbocycles. The van der Waals surface area contributed by atoms with E-state index in [-0.39, 0.29) is 11.3 Å². The molecule has 100 valence electrons. The summed E-state index contributed by atoms with van der Waals surface area (Å²) in [5.41, 5.74) is 0.988. The van der Waals surface area contributed by atoms with Crippen molar-refractivity contribution in [1.82, 2.24) is 0 Å². The minimum absolute atomic E-state index is 0.0567. The van der Waals surface area contributed by atoms with Crippen LogP contribution in [0.2, 0.25) is 0 Å². The Morgan fingerprint density at radius 2 is 2.15 bits per heavy atom. The van der Waals surface area contributed by atoms with Gasteiger partial charge in [0.25, 0.3) is 5.91 Å². The average Bonchev–Trinajstić information content (AvgIpc) is 2.84. The largest absolute Gasteiger partial charge is 0.319 e. The lowest BCUT2D eigenvalue weighted by molar-refractivity contribution is -0.112. The number of para-hydroxylation sites is 1. The Morgan fingerprint density at radius 3 is 2.75 bits per heavy atom. The lowest BCUT2D eigenvalue weighted by Crippen LogP contribution is -2.14. The van der Waals surface area contributed by atoms with Gasteiger partial charge in [-0.1, -0.05) is 12.1 Å². The van der Waals surface area contributed by atoms with Crippen molar-refractivity contribution >= 4 is 29.0 Å². The molecular weight excluding hydrogens is 275 g/mol. The third-order valence-electron chi connectivity index (χ3n) is 2.66. The number of nitrogens with one attached hydrogen (secondary N) is 1. The molecule has 0 bridgehead atoms. The van der Waals surface area contributed by atoms with E-state index in [1.54, 1.807) is 6.07 Å². The number of benzene rings is 1. The van der Waals surface area contributed by atoms with E-state index in [2.05, 4.69) is 5.32 Å². The van der Waals surface area contributed by atoms with Gasteiger partial charge in [-0.25, -0.2) is 4.39 Å². The van der Waals surface area contributed by atoms with Gasteiger partial charge in [0.1, 0.15) is 17.5 Å². The second-order valence-corrected chi connectivity index (χ2v) is 5.02. The fraction of sp³-hybridized carbons (Fsp3) is 0.0667. The highest BCUT2D eigenvalue weighted by molar-refractivity contribution is 7.11. The maximum absolute atomic E-state index is 13.4. The monoisotopic (exact) mass is 286 g/mol. The van der Waals surface area contributed by atoms with E-state index in [1.165, 1.54) is 35.6 Å². The fourth-order valence-electron chi connectivity index (χ4n) is 1.56. The smallest absolute Gasteiger partial charge is 0.266 e. The Kier molecular flexibility index (Phi) is 4.28. The SMILES string of the molecule is Cc1ccsc1C=C(C#N)C(=O)Nc1ccccc1F. The van der Waals surface area contributed by atoms with Gasteiger partial charge >= 0.3 is 0 Å². The Morgan fingerprint density at radius 1 is 1.40 bits per heavy atom. The molecule has 0 aliphatic carbocycles. The number of nitriles is 1. The van der Waals surface area contributed by atoms with Crippen molar-refractivity contribution in [3.63, 3.8) is 0 Å². The normalized spacial score (nSPS) is 10.9. The van der Waals surface area contributed by atoms with Gasteiger partial charge in [0.2, 0.25) is 0 Å². The molecule has 0 radical (unpaired) electrons. The van der Waals surface area contributed by atoms with Gasteiger partial charge in [0.15, 0.2) is 0 Å². The van der Waals surface area contributed by atoms with E-state index in [1.807, 2.05) is 24.4 Å². The van der Waals surface area contributed by atoms with Crippen molar-refractivity contribution in [3.05, 3.63) is 57.5 Å². The van der Waals surface area contributed by atoms with Crippen LogP contribution < -0.4 is 5.32 Å². The van der Waals surface area contributed by atoms with Gasteiger partial charge in [-0.05, 0) is 42.1 Å². The van der Waals surface area contributed by atoms with Crippen LogP contribution in [0.25, 0.3) is 6.08 Å². The lowest BCUT2D eigenvalue weighted by atomic mass is 10.2. The van der Waals surface area contributed by atoms with Crippen molar-refractivity contribution in [2.24, 2.45) is 0 Å². The first-order valence-corrected chi connectivity index (χ1v) is 6.71. The van der Waals surface area contributed by atoms with Gasteiger partial charge in [-0.2, -0.15) is 5.26 Å². The quantitative estimate of drug-likeness (QED) is 0.690. The van der Waals surface area contributed by atoms with E-state index in [0.717, 1.165) is 10.4 Å². The number of thiophene rings is 1. The highest BCUT2D eigenvalue weighted by Gasteiger charge is 2.12. The molecule has 2 rings (SSSR count). The van der Waals surface area contributed by atoms with Gasteiger partial charge in [0.05, 0.1) is 5.69 Å². The van der Waals surface area contributed by atoms with Crippen LogP contribution in [-0.2, 0) is 4.79 Å². The Bertz CT molecular complexity index is 713. The highest BCUT2D eigenvalue weighted by Crippen LogP contribution is 2.20. The molecule has 0 aliphatic heterocycles. The molecule has 1 aromatic heterocycles. The second-order valence-electron chi connectivity index (χ2n) is 4.07. The van der Waals surface area contributed by atoms with Crippen LogP contribution in [0.4, 0.5) is 10.1 Å². The Labute approximate surface area is 120 Å². The summed E-state index contributed by atoms with van der Waals surface area (Å²) in [7, 11) is 0. The molecule has 5 heteroatoms. The molecule has 0 fully saturated rings. The van der Waals surface area contributed by atoms with E-state index in [9.17, 15) is 9.18 Å². The van der Waals surface area contributed by atoms with Crippen LogP contribution in [0.1, 0.15) is 10.4 Å². The molecule has 0 unspecified atom stereocenters. The number of carbonyl (C=O) groups is 1. The van der Waals surface area contributed by atoms with Crippen molar-refractivity contribution in [3.8, 4) is 6.07 Å². The number of aryl methyl sites for hydroxylation is 1. The van der Waals surface area contributed by atoms with Gasteiger partial charge in [-0.15, -0.1) is 11.3 Å². The third kappa shape index (κ3) is 3.11. The molecule has 0 saturated carbocycles. The Balaban J connectivity index is 2.23. The molecule has 1 heterocycles. The summed E-state index contributed by atoms with van der Waals surface area (Å²) in [5, 5.41) is 13.3. The topological polar surface area (TPSA) is 52.9 Å². The van der Waals surface area contributed by atoms with Crippen LogP contribution in [0.5, 0.6) is 0 Å². The van der Waals surface area contributed by atoms with Crippen LogP contribution in [-0.4, -0.2) is 5.91 Å². The summed E-state index contributed by atoms with van der Waals surface area (Å²) < 4.78 is 13.4. The maximum Gasteiger partial charge on any atom is 0.266 e. The molecule has 1 N–H and O–H groups in total. The lowest BCUT2D eigenvalue weighted by Gasteiger charge is -2.05. The highest BCUT2D eigenvalue weighted by atomic mass is 32.1. The fourth-order valence-corrected chi connectivity index (χ4v) is 2.42. The predicted molar refractivity (Wildman–Crippen MR) is 77.7 cm³/mol. The van der Waals surface area contributed by atoms with E-state index < -0.39 is 11.7 Å². The van der Waals surface area contributed by atoms with Crippen LogP contribution in [0, 0.1) is 24.1 Å². The molecule has 0 spiro atoms. The molecule has 3 nitrogen and oxygen atoms in total. The molecule has 0 atom stereocenters. The predicted octanol–water partition coefficient (Wildman–Crippen LogP) is 3.74. The zero-order chi connectivity index (χ0) is 14.5. The number of rotatable bonds is 3. The summed E-state index contributed by atoms with van der Waals surface area (Å²) >= 11 is 1.44. The average molecular weight is 286 g/mol. The summed E-state index contributed by atoms with van der Waals surface area (Å²) in [6.45, 7) is 1.89. The number of nitrogens with zero attached hydrogens (tertiary/aromatic N) is 1. The number of anilines is 1.